The second-order valence-electron chi connectivity index (χ2n) is 9.76. The molecule has 2 heterocycles. The molecule has 2 aliphatic rings. The molecule has 2 N–H and O–H groups in total. The van der Waals surface area contributed by atoms with Crippen LogP contribution in [-0.2, 0) is 9.59 Å². The van der Waals surface area contributed by atoms with Gasteiger partial charge in [-0.25, -0.2) is 0 Å². The molecule has 202 valence electrons. The highest BCUT2D eigenvalue weighted by Gasteiger charge is 2.41. The number of nitrogens with one attached hydrogen (secondary N) is 2. The average Bonchev–Trinajstić information content (AvgIpc) is 3.37. The monoisotopic (exact) mass is 544 g/mol. The highest BCUT2D eigenvalue weighted by Crippen LogP contribution is 2.47. The fourth-order valence-electron chi connectivity index (χ4n) is 5.45. The van der Waals surface area contributed by atoms with E-state index in [2.05, 4.69) is 10.6 Å². The Morgan fingerprint density at radius 1 is 0.923 bits per heavy atom. The van der Waals surface area contributed by atoms with Crippen LogP contribution < -0.4 is 24.8 Å². The van der Waals surface area contributed by atoms with Gasteiger partial charge in [-0.05, 0) is 80.3 Å². The third-order valence-corrected chi connectivity index (χ3v) is 8.41. The molecular weight excluding hydrogens is 512 g/mol. The molecule has 0 unspecified atom stereocenters. The SMILES string of the molecule is COc1ccc(NC(=O)C2=C(C)NC3=C(C(=O)C[C@H](c4ccc(OC)c(OC)c4)C3)[C@@H]2c2ccc(C)s2)cc1. The van der Waals surface area contributed by atoms with Crippen LogP contribution in [0.25, 0.3) is 0 Å². The van der Waals surface area contributed by atoms with Crippen molar-refractivity contribution in [2.45, 2.75) is 38.5 Å². The van der Waals surface area contributed by atoms with E-state index in [1.54, 1.807) is 56.9 Å². The van der Waals surface area contributed by atoms with Crippen molar-refractivity contribution in [1.29, 1.82) is 0 Å². The minimum absolute atomic E-state index is 0.0169. The fourth-order valence-corrected chi connectivity index (χ4v) is 6.45. The van der Waals surface area contributed by atoms with Crippen molar-refractivity contribution in [2.75, 3.05) is 26.6 Å². The number of anilines is 1. The zero-order valence-corrected chi connectivity index (χ0v) is 23.5. The Labute approximate surface area is 232 Å². The summed E-state index contributed by atoms with van der Waals surface area (Å²) >= 11 is 1.62. The number of carbonyl (C=O) groups is 2. The number of hydrogen-bond donors (Lipinski definition) is 2. The van der Waals surface area contributed by atoms with Crippen LogP contribution in [0.3, 0.4) is 0 Å². The minimum Gasteiger partial charge on any atom is -0.497 e. The maximum absolute atomic E-state index is 13.9. The van der Waals surface area contributed by atoms with Gasteiger partial charge in [0.15, 0.2) is 17.3 Å². The molecule has 2 atom stereocenters. The Balaban J connectivity index is 1.50. The number of amides is 1. The van der Waals surface area contributed by atoms with E-state index in [-0.39, 0.29) is 17.6 Å². The van der Waals surface area contributed by atoms with Gasteiger partial charge in [-0.1, -0.05) is 6.07 Å². The first-order valence-electron chi connectivity index (χ1n) is 12.8. The van der Waals surface area contributed by atoms with Crippen LogP contribution in [0, 0.1) is 6.92 Å². The van der Waals surface area contributed by atoms with E-state index in [0.29, 0.717) is 46.9 Å². The zero-order chi connectivity index (χ0) is 27.7. The van der Waals surface area contributed by atoms with Crippen molar-refractivity contribution in [3.8, 4) is 17.2 Å². The van der Waals surface area contributed by atoms with Crippen molar-refractivity contribution in [1.82, 2.24) is 5.32 Å². The number of carbonyl (C=O) groups excluding carboxylic acids is 2. The van der Waals surface area contributed by atoms with Gasteiger partial charge in [0.1, 0.15) is 5.75 Å². The van der Waals surface area contributed by atoms with Crippen LogP contribution in [0.5, 0.6) is 17.2 Å². The Morgan fingerprint density at radius 2 is 1.67 bits per heavy atom. The molecule has 0 spiro atoms. The molecule has 1 amide bonds. The lowest BCUT2D eigenvalue weighted by atomic mass is 9.73. The molecule has 7 nitrogen and oxygen atoms in total. The molecule has 0 fully saturated rings. The van der Waals surface area contributed by atoms with Crippen LogP contribution in [0.4, 0.5) is 5.69 Å². The van der Waals surface area contributed by atoms with Crippen molar-refractivity contribution in [3.63, 3.8) is 0 Å². The van der Waals surface area contributed by atoms with Gasteiger partial charge in [-0.3, -0.25) is 9.59 Å². The molecule has 5 rings (SSSR count). The highest BCUT2D eigenvalue weighted by atomic mass is 32.1. The molecule has 1 aliphatic carbocycles. The van der Waals surface area contributed by atoms with Crippen molar-refractivity contribution in [3.05, 3.63) is 92.5 Å². The van der Waals surface area contributed by atoms with Gasteiger partial charge in [-0.15, -0.1) is 11.3 Å². The third kappa shape index (κ3) is 5.16. The summed E-state index contributed by atoms with van der Waals surface area (Å²) in [7, 11) is 4.82. The number of Topliss-reactive ketones (excluding diaryl/α,β-unsaturated/α-hetero) is 1. The van der Waals surface area contributed by atoms with E-state index in [1.165, 1.54) is 0 Å². The lowest BCUT2D eigenvalue weighted by Crippen LogP contribution is -2.36. The average molecular weight is 545 g/mol. The first kappa shape index (κ1) is 26.6. The maximum atomic E-state index is 13.9. The van der Waals surface area contributed by atoms with Crippen molar-refractivity contribution >= 4 is 28.7 Å². The van der Waals surface area contributed by atoms with Crippen LogP contribution in [0.2, 0.25) is 0 Å². The zero-order valence-electron chi connectivity index (χ0n) is 22.7. The van der Waals surface area contributed by atoms with Gasteiger partial charge < -0.3 is 24.8 Å². The Kier molecular flexibility index (Phi) is 7.48. The Morgan fingerprint density at radius 3 is 2.31 bits per heavy atom. The van der Waals surface area contributed by atoms with Gasteiger partial charge >= 0.3 is 0 Å². The highest BCUT2D eigenvalue weighted by molar-refractivity contribution is 7.12. The standard InChI is InChI=1S/C31H32N2O5S/c1-17-6-13-27(39-17)30-28(31(35)33-21-8-10-22(36-3)11-9-21)18(2)32-23-14-20(15-24(34)29(23)30)19-7-12-25(37-4)26(16-19)38-5/h6-13,16,20,30,32H,14-15H2,1-5H3,(H,33,35)/t20-,30-/m1/s1. The summed E-state index contributed by atoms with van der Waals surface area (Å²) < 4.78 is 16.1. The second-order valence-corrected chi connectivity index (χ2v) is 11.1. The smallest absolute Gasteiger partial charge is 0.254 e. The van der Waals surface area contributed by atoms with Crippen LogP contribution in [-0.4, -0.2) is 33.0 Å². The molecule has 2 aromatic carbocycles. The van der Waals surface area contributed by atoms with E-state index in [9.17, 15) is 9.59 Å². The number of ether oxygens (including phenoxy) is 3. The topological polar surface area (TPSA) is 85.9 Å². The molecule has 0 saturated heterocycles. The second kappa shape index (κ2) is 11.0. The van der Waals surface area contributed by atoms with Gasteiger partial charge in [-0.2, -0.15) is 0 Å². The predicted molar refractivity (Wildman–Crippen MR) is 153 cm³/mol. The molecule has 39 heavy (non-hydrogen) atoms. The normalized spacial score (nSPS) is 18.8. The van der Waals surface area contributed by atoms with Crippen LogP contribution in [0.15, 0.2) is 77.1 Å². The van der Waals surface area contributed by atoms with E-state index in [1.807, 2.05) is 44.2 Å². The molecular formula is C31H32N2O5S. The summed E-state index contributed by atoms with van der Waals surface area (Å²) in [6, 6.07) is 17.1. The minimum atomic E-state index is -0.433. The lowest BCUT2D eigenvalue weighted by Gasteiger charge is -2.36. The molecule has 0 radical (unpaired) electrons. The summed E-state index contributed by atoms with van der Waals surface area (Å²) in [6.07, 6.45) is 1.01. The first-order valence-corrected chi connectivity index (χ1v) is 13.6. The van der Waals surface area contributed by atoms with E-state index >= 15 is 0 Å². The van der Waals surface area contributed by atoms with Crippen molar-refractivity contribution < 1.29 is 23.8 Å². The lowest BCUT2D eigenvalue weighted by molar-refractivity contribution is -0.116. The summed E-state index contributed by atoms with van der Waals surface area (Å²) in [6.45, 7) is 3.94. The summed E-state index contributed by atoms with van der Waals surface area (Å²) in [4.78, 5) is 29.7. The number of ketones is 1. The molecule has 8 heteroatoms. The maximum Gasteiger partial charge on any atom is 0.254 e. The Hall–Kier alpha value is -4.04. The van der Waals surface area contributed by atoms with Gasteiger partial charge in [0.2, 0.25) is 0 Å². The predicted octanol–water partition coefficient (Wildman–Crippen LogP) is 6.08. The molecule has 0 saturated carbocycles. The number of hydrogen-bond acceptors (Lipinski definition) is 7. The first-order chi connectivity index (χ1) is 18.8. The fraction of sp³-hybridized carbons (Fsp3) is 0.290. The number of dihydropyridines is 1. The Bertz CT molecular complexity index is 1480. The van der Waals surface area contributed by atoms with E-state index in [4.69, 9.17) is 14.2 Å². The molecule has 0 bridgehead atoms. The van der Waals surface area contributed by atoms with Crippen molar-refractivity contribution in [2.24, 2.45) is 0 Å². The summed E-state index contributed by atoms with van der Waals surface area (Å²) in [5, 5.41) is 6.47. The van der Waals surface area contributed by atoms with E-state index < -0.39 is 5.92 Å². The summed E-state index contributed by atoms with van der Waals surface area (Å²) in [5.74, 6) is 1.36. The summed E-state index contributed by atoms with van der Waals surface area (Å²) in [5.41, 5.74) is 4.54. The number of rotatable bonds is 7. The van der Waals surface area contributed by atoms with Gasteiger partial charge in [0.25, 0.3) is 5.91 Å². The number of benzene rings is 2. The van der Waals surface area contributed by atoms with E-state index in [0.717, 1.165) is 26.7 Å². The largest absolute Gasteiger partial charge is 0.497 e. The van der Waals surface area contributed by atoms with Gasteiger partial charge in [0, 0.05) is 44.4 Å². The number of aryl methyl sites for hydroxylation is 1. The number of thiophene rings is 1. The molecule has 1 aliphatic heterocycles. The number of methoxy groups -OCH3 is 3. The van der Waals surface area contributed by atoms with Crippen LogP contribution >= 0.6 is 11.3 Å². The van der Waals surface area contributed by atoms with Crippen LogP contribution in [0.1, 0.15) is 46.9 Å². The molecule has 3 aromatic rings. The quantitative estimate of drug-likeness (QED) is 0.375. The number of allylic oxidation sites excluding steroid dienone is 3. The van der Waals surface area contributed by atoms with Gasteiger partial charge in [0.05, 0.1) is 27.2 Å². The molecule has 1 aromatic heterocycles. The third-order valence-electron chi connectivity index (χ3n) is 7.34.